The van der Waals surface area contributed by atoms with Crippen LogP contribution in [0.25, 0.3) is 11.6 Å². The Bertz CT molecular complexity index is 586. The molecule has 2 aromatic rings. The van der Waals surface area contributed by atoms with E-state index in [1.165, 1.54) is 13.3 Å². The summed E-state index contributed by atoms with van der Waals surface area (Å²) in [6.45, 7) is 2.14. The fraction of sp³-hybridized carbons (Fsp3) is 0.500. The lowest BCUT2D eigenvalue weighted by Crippen LogP contribution is -2.26. The predicted octanol–water partition coefficient (Wildman–Crippen LogP) is 1.22. The zero-order chi connectivity index (χ0) is 15.8. The Morgan fingerprint density at radius 3 is 2.91 bits per heavy atom. The lowest BCUT2D eigenvalue weighted by atomic mass is 10.1. The first-order valence-electron chi connectivity index (χ1n) is 7.27. The minimum atomic E-state index is -0.293. The minimum Gasteiger partial charge on any atom is -0.417 e. The third-order valence-electron chi connectivity index (χ3n) is 3.11. The first-order valence-corrected chi connectivity index (χ1v) is 7.27. The summed E-state index contributed by atoms with van der Waals surface area (Å²) in [7, 11) is 0. The van der Waals surface area contributed by atoms with Gasteiger partial charge in [0, 0.05) is 13.1 Å². The van der Waals surface area contributed by atoms with Crippen molar-refractivity contribution < 1.29 is 9.21 Å². The second-order valence-electron chi connectivity index (χ2n) is 4.93. The minimum absolute atomic E-state index is 0.134. The third-order valence-corrected chi connectivity index (χ3v) is 3.11. The molecule has 2 aromatic heterocycles. The molecule has 1 atom stereocenters. The number of aromatic nitrogens is 4. The van der Waals surface area contributed by atoms with Crippen molar-refractivity contribution in [3.63, 3.8) is 0 Å². The van der Waals surface area contributed by atoms with Crippen LogP contribution in [0.1, 0.15) is 44.5 Å². The number of carbonyl (C=O) groups excluding carboxylic acids is 1. The molecular weight excluding hydrogens is 284 g/mol. The van der Waals surface area contributed by atoms with Crippen LogP contribution < -0.4 is 11.1 Å². The van der Waals surface area contributed by atoms with Crippen LogP contribution in [0, 0.1) is 0 Å². The highest BCUT2D eigenvalue weighted by Gasteiger charge is 2.20. The van der Waals surface area contributed by atoms with E-state index in [4.69, 9.17) is 10.2 Å². The quantitative estimate of drug-likeness (QED) is 0.703. The van der Waals surface area contributed by atoms with Crippen LogP contribution >= 0.6 is 0 Å². The molecule has 0 saturated carbocycles. The monoisotopic (exact) mass is 304 g/mol. The van der Waals surface area contributed by atoms with Gasteiger partial charge in [-0.3, -0.25) is 4.79 Å². The molecule has 0 spiro atoms. The first-order chi connectivity index (χ1) is 10.7. The highest BCUT2D eigenvalue weighted by molar-refractivity contribution is 5.73. The largest absolute Gasteiger partial charge is 0.417 e. The number of hydrogen-bond donors (Lipinski definition) is 2. The molecule has 118 valence electrons. The summed E-state index contributed by atoms with van der Waals surface area (Å²) in [5, 5.41) is 10.8. The van der Waals surface area contributed by atoms with Gasteiger partial charge < -0.3 is 15.5 Å². The molecule has 0 aliphatic carbocycles. The van der Waals surface area contributed by atoms with E-state index in [9.17, 15) is 4.79 Å². The summed E-state index contributed by atoms with van der Waals surface area (Å²) < 4.78 is 5.64. The Hall–Kier alpha value is -2.35. The molecule has 8 nitrogen and oxygen atoms in total. The number of nitrogens with one attached hydrogen (secondary N) is 1. The van der Waals surface area contributed by atoms with Gasteiger partial charge in [0.25, 0.3) is 5.89 Å². The fourth-order valence-electron chi connectivity index (χ4n) is 2.07. The summed E-state index contributed by atoms with van der Waals surface area (Å²) in [6, 6.07) is 1.39. The Balaban J connectivity index is 2.07. The van der Waals surface area contributed by atoms with Gasteiger partial charge in [-0.05, 0) is 25.5 Å². The SMILES string of the molecule is CC(=O)N[C@@H](CCCCCN)c1nnc(-c2ccncn2)o1. The van der Waals surface area contributed by atoms with E-state index < -0.39 is 0 Å². The molecule has 22 heavy (non-hydrogen) atoms. The van der Waals surface area contributed by atoms with Crippen molar-refractivity contribution in [3.8, 4) is 11.6 Å². The molecule has 0 fully saturated rings. The van der Waals surface area contributed by atoms with E-state index in [0.717, 1.165) is 25.7 Å². The number of hydrogen-bond acceptors (Lipinski definition) is 7. The summed E-state index contributed by atoms with van der Waals surface area (Å²) in [5.41, 5.74) is 6.04. The van der Waals surface area contributed by atoms with E-state index in [1.807, 2.05) is 0 Å². The zero-order valence-electron chi connectivity index (χ0n) is 12.5. The van der Waals surface area contributed by atoms with Crippen molar-refractivity contribution in [2.24, 2.45) is 5.73 Å². The molecule has 1 amide bonds. The van der Waals surface area contributed by atoms with Gasteiger partial charge in [-0.25, -0.2) is 9.97 Å². The summed E-state index contributed by atoms with van der Waals surface area (Å²) in [4.78, 5) is 19.3. The molecule has 0 radical (unpaired) electrons. The lowest BCUT2D eigenvalue weighted by molar-refractivity contribution is -0.119. The van der Waals surface area contributed by atoms with Crippen molar-refractivity contribution in [2.75, 3.05) is 6.54 Å². The van der Waals surface area contributed by atoms with Gasteiger partial charge in [0.15, 0.2) is 0 Å². The zero-order valence-corrected chi connectivity index (χ0v) is 12.5. The van der Waals surface area contributed by atoms with E-state index in [2.05, 4.69) is 25.5 Å². The van der Waals surface area contributed by atoms with Gasteiger partial charge in [-0.2, -0.15) is 0 Å². The van der Waals surface area contributed by atoms with Crippen LogP contribution in [0.5, 0.6) is 0 Å². The molecular formula is C14H20N6O2. The maximum Gasteiger partial charge on any atom is 0.266 e. The van der Waals surface area contributed by atoms with Crippen LogP contribution in [0.4, 0.5) is 0 Å². The number of nitrogens with zero attached hydrogens (tertiary/aromatic N) is 4. The molecule has 0 aliphatic rings. The average molecular weight is 304 g/mol. The molecule has 0 unspecified atom stereocenters. The van der Waals surface area contributed by atoms with Crippen LogP contribution in [0.15, 0.2) is 23.0 Å². The molecule has 0 aliphatic heterocycles. The Morgan fingerprint density at radius 2 is 2.23 bits per heavy atom. The summed E-state index contributed by atoms with van der Waals surface area (Å²) in [6.07, 6.45) is 6.63. The van der Waals surface area contributed by atoms with E-state index >= 15 is 0 Å². The fourth-order valence-corrected chi connectivity index (χ4v) is 2.07. The highest BCUT2D eigenvalue weighted by Crippen LogP contribution is 2.22. The normalized spacial score (nSPS) is 12.1. The maximum absolute atomic E-state index is 11.4. The average Bonchev–Trinajstić information content (AvgIpc) is 3.01. The Kier molecular flexibility index (Phi) is 5.96. The van der Waals surface area contributed by atoms with E-state index in [1.54, 1.807) is 12.3 Å². The summed E-state index contributed by atoms with van der Waals surface area (Å²) >= 11 is 0. The van der Waals surface area contributed by atoms with E-state index in [0.29, 0.717) is 24.0 Å². The Labute approximate surface area is 128 Å². The maximum atomic E-state index is 11.4. The topological polar surface area (TPSA) is 120 Å². The molecule has 0 aromatic carbocycles. The van der Waals surface area contributed by atoms with Gasteiger partial charge in [0.2, 0.25) is 11.8 Å². The standard InChI is InChI=1S/C14H20N6O2/c1-10(21)18-12(5-3-2-4-7-15)14-20-19-13(22-14)11-6-8-16-9-17-11/h6,8-9,12H,2-5,7,15H2,1H3,(H,18,21)/t12-/m0/s1. The number of amides is 1. The van der Waals surface area contributed by atoms with Gasteiger partial charge in [-0.1, -0.05) is 12.8 Å². The van der Waals surface area contributed by atoms with Crippen molar-refractivity contribution in [2.45, 2.75) is 38.6 Å². The first kappa shape index (κ1) is 16.0. The molecule has 0 saturated heterocycles. The molecule has 3 N–H and O–H groups in total. The van der Waals surface area contributed by atoms with Crippen molar-refractivity contribution in [1.29, 1.82) is 0 Å². The number of nitrogens with two attached hydrogens (primary N) is 1. The van der Waals surface area contributed by atoms with E-state index in [-0.39, 0.29) is 11.9 Å². The molecule has 2 heterocycles. The molecule has 0 bridgehead atoms. The smallest absolute Gasteiger partial charge is 0.266 e. The van der Waals surface area contributed by atoms with Gasteiger partial charge >= 0.3 is 0 Å². The van der Waals surface area contributed by atoms with Gasteiger partial charge in [-0.15, -0.1) is 10.2 Å². The van der Waals surface area contributed by atoms with Crippen molar-refractivity contribution in [1.82, 2.24) is 25.5 Å². The van der Waals surface area contributed by atoms with Gasteiger partial charge in [0.05, 0.1) is 0 Å². The summed E-state index contributed by atoms with van der Waals surface area (Å²) in [5.74, 6) is 0.567. The van der Waals surface area contributed by atoms with Crippen molar-refractivity contribution >= 4 is 5.91 Å². The number of unbranched alkanes of at least 4 members (excludes halogenated alkanes) is 2. The number of carbonyl (C=O) groups is 1. The third kappa shape index (κ3) is 4.59. The predicted molar refractivity (Wildman–Crippen MR) is 79.4 cm³/mol. The van der Waals surface area contributed by atoms with Gasteiger partial charge in [0.1, 0.15) is 18.1 Å². The molecule has 8 heteroatoms. The second-order valence-corrected chi connectivity index (χ2v) is 4.93. The Morgan fingerprint density at radius 1 is 1.36 bits per heavy atom. The van der Waals surface area contributed by atoms with Crippen LogP contribution in [0.2, 0.25) is 0 Å². The number of rotatable bonds is 8. The lowest BCUT2D eigenvalue weighted by Gasteiger charge is -2.13. The van der Waals surface area contributed by atoms with Crippen LogP contribution in [-0.2, 0) is 4.79 Å². The van der Waals surface area contributed by atoms with Crippen molar-refractivity contribution in [3.05, 3.63) is 24.5 Å². The van der Waals surface area contributed by atoms with Crippen LogP contribution in [-0.4, -0.2) is 32.6 Å². The van der Waals surface area contributed by atoms with Crippen LogP contribution in [0.3, 0.4) is 0 Å². The highest BCUT2D eigenvalue weighted by atomic mass is 16.4. The molecule has 2 rings (SSSR count). The second kappa shape index (κ2) is 8.18.